The Hall–Kier alpha value is -5.44. The van der Waals surface area contributed by atoms with Crippen LogP contribution in [0.1, 0.15) is 0 Å². The van der Waals surface area contributed by atoms with Crippen molar-refractivity contribution in [3.05, 3.63) is 273 Å². The second-order valence-electron chi connectivity index (χ2n) is 15.1. The van der Waals surface area contributed by atoms with Crippen LogP contribution in [-0.4, -0.2) is 4.88 Å². The van der Waals surface area contributed by atoms with E-state index in [1.54, 1.807) is 4.88 Å². The number of carbonyl (C=O) groups excluding carboxylic acids is 1. The van der Waals surface area contributed by atoms with Gasteiger partial charge in [-0.25, -0.2) is 0 Å². The van der Waals surface area contributed by atoms with Crippen LogP contribution < -0.4 is 47.7 Å². The summed E-state index contributed by atoms with van der Waals surface area (Å²) in [6.45, 7) is 0. The normalized spacial score (nSPS) is 13.1. The van der Waals surface area contributed by atoms with Gasteiger partial charge in [0.15, 0.2) is 0 Å². The molecular weight excluding hydrogens is 871 g/mol. The van der Waals surface area contributed by atoms with E-state index < -0.39 is 30.1 Å². The molecule has 0 atom stereocenters. The summed E-state index contributed by atoms with van der Waals surface area (Å²) in [6.07, 6.45) is 0. The number of benzene rings is 9. The minimum absolute atomic E-state index is 1.29. The molecule has 0 spiro atoms. The third-order valence-electron chi connectivity index (χ3n) is 12.2. The van der Waals surface area contributed by atoms with E-state index >= 15 is 4.79 Å². The first kappa shape index (κ1) is 40.0. The summed E-state index contributed by atoms with van der Waals surface area (Å²) < 4.78 is 0. The molecule has 0 unspecified atom stereocenters. The third kappa shape index (κ3) is 6.16. The number of rotatable bonds is 13. The van der Waals surface area contributed by atoms with Gasteiger partial charge in [0, 0.05) is 0 Å². The van der Waals surface area contributed by atoms with Crippen molar-refractivity contribution in [2.45, 2.75) is 0 Å². The summed E-state index contributed by atoms with van der Waals surface area (Å²) in [5, 5.41) is 11.6. The van der Waals surface area contributed by atoms with Crippen molar-refractivity contribution in [3.63, 3.8) is 0 Å². The molecule has 1 nitrogen and oxygen atoms in total. The summed E-state index contributed by atoms with van der Waals surface area (Å²) in [7, 11) is 0. The van der Waals surface area contributed by atoms with E-state index in [0.717, 1.165) is 0 Å². The summed E-state index contributed by atoms with van der Waals surface area (Å²) in [5.41, 5.74) is -10.9. The molecule has 0 aliphatic carbocycles. The molecule has 5 heteroatoms. The molecule has 0 aliphatic heterocycles. The van der Waals surface area contributed by atoms with Crippen molar-refractivity contribution in [2.24, 2.45) is 0 Å². The molecule has 0 amide bonds. The number of hydrogen-bond acceptors (Lipinski definition) is 1. The van der Waals surface area contributed by atoms with E-state index in [0.29, 0.717) is 0 Å². The molecule has 0 N–H and O–H groups in total. The second kappa shape index (κ2) is 17.7. The summed E-state index contributed by atoms with van der Waals surface area (Å²) in [6, 6.07) is 102. The van der Waals surface area contributed by atoms with Gasteiger partial charge in [-0.1, -0.05) is 0 Å². The predicted molar refractivity (Wildman–Crippen MR) is 269 cm³/mol. The van der Waals surface area contributed by atoms with Crippen molar-refractivity contribution in [3.8, 4) is 0 Å². The van der Waals surface area contributed by atoms with Gasteiger partial charge in [0.05, 0.1) is 0 Å². The van der Waals surface area contributed by atoms with Crippen LogP contribution in [0.2, 0.25) is 0 Å². The van der Waals surface area contributed by atoms with Crippen LogP contribution in [0.4, 0.5) is 0 Å². The molecular formula is C55H51OP3Ru. The van der Waals surface area contributed by atoms with Crippen molar-refractivity contribution in [1.82, 2.24) is 0 Å². The summed E-state index contributed by atoms with van der Waals surface area (Å²) >= 11 is -5.10. The quantitative estimate of drug-likeness (QED) is 0.0643. The van der Waals surface area contributed by atoms with Gasteiger partial charge in [-0.2, -0.15) is 0 Å². The van der Waals surface area contributed by atoms with E-state index in [1.165, 1.54) is 47.7 Å². The molecule has 0 aliphatic rings. The van der Waals surface area contributed by atoms with E-state index in [2.05, 4.69) is 273 Å². The van der Waals surface area contributed by atoms with Crippen LogP contribution in [0.5, 0.6) is 0 Å². The predicted octanol–water partition coefficient (Wildman–Crippen LogP) is 8.72. The Bertz CT molecular complexity index is 2150. The third-order valence-corrected chi connectivity index (χ3v) is 97.5. The van der Waals surface area contributed by atoms with Crippen LogP contribution in [-0.2, 0) is 18.1 Å². The van der Waals surface area contributed by atoms with Crippen molar-refractivity contribution >= 4 is 69.4 Å². The number of carbonyl (C=O) groups is 1. The molecule has 0 fully saturated rings. The minimum atomic E-state index is -5.10. The van der Waals surface area contributed by atoms with E-state index in [1.807, 2.05) is 0 Å². The Labute approximate surface area is 358 Å². The van der Waals surface area contributed by atoms with E-state index in [9.17, 15) is 0 Å². The second-order valence-corrected chi connectivity index (χ2v) is 60.3. The molecule has 0 saturated heterocycles. The van der Waals surface area contributed by atoms with Crippen molar-refractivity contribution in [2.75, 3.05) is 0 Å². The van der Waals surface area contributed by atoms with Gasteiger partial charge >= 0.3 is 361 Å². The first-order valence-corrected chi connectivity index (χ1v) is 36.4. The van der Waals surface area contributed by atoms with Gasteiger partial charge in [0.25, 0.3) is 0 Å². The molecule has 0 bridgehead atoms. The monoisotopic (exact) mass is 922 g/mol. The molecule has 0 heterocycles. The molecule has 0 radical (unpaired) electrons. The zero-order valence-electron chi connectivity index (χ0n) is 33.4. The zero-order chi connectivity index (χ0) is 40.7. The average molecular weight is 922 g/mol. The van der Waals surface area contributed by atoms with Crippen LogP contribution in [0.3, 0.4) is 0 Å². The Morgan fingerprint density at radius 1 is 0.217 bits per heavy atom. The Kier molecular flexibility index (Phi) is 11.8. The Morgan fingerprint density at radius 2 is 0.333 bits per heavy atom. The molecule has 9 rings (SSSR count). The van der Waals surface area contributed by atoms with Gasteiger partial charge in [0.1, 0.15) is 0 Å². The molecule has 300 valence electrons. The van der Waals surface area contributed by atoms with Gasteiger partial charge in [0.2, 0.25) is 0 Å². The summed E-state index contributed by atoms with van der Waals surface area (Å²) in [4.78, 5) is 18.9. The summed E-state index contributed by atoms with van der Waals surface area (Å²) in [5.74, 6) is 0. The molecule has 60 heavy (non-hydrogen) atoms. The maximum atomic E-state index is 17.1. The first-order chi connectivity index (χ1) is 29.8. The van der Waals surface area contributed by atoms with Crippen LogP contribution >= 0.6 is 16.8 Å². The van der Waals surface area contributed by atoms with Crippen LogP contribution in [0.25, 0.3) is 0 Å². The first-order valence-electron chi connectivity index (χ1n) is 20.5. The van der Waals surface area contributed by atoms with Crippen LogP contribution in [0, 0.1) is 0 Å². The average Bonchev–Trinajstić information content (AvgIpc) is 3.35. The molecule has 0 saturated carbocycles. The maximum absolute atomic E-state index is 17.1. The fourth-order valence-corrected chi connectivity index (χ4v) is 133. The molecule has 0 aromatic heterocycles. The number of hydrogen-bond donors (Lipinski definition) is 0. The van der Waals surface area contributed by atoms with Gasteiger partial charge in [-0.05, 0) is 0 Å². The molecule has 9 aromatic rings. The van der Waals surface area contributed by atoms with Crippen molar-refractivity contribution < 1.29 is 18.1 Å². The van der Waals surface area contributed by atoms with Gasteiger partial charge in [-0.15, -0.1) is 0 Å². The Morgan fingerprint density at radius 3 is 0.433 bits per heavy atom. The van der Waals surface area contributed by atoms with Crippen LogP contribution in [0.15, 0.2) is 273 Å². The standard InChI is InChI=1S/3C18H15P.CHO.Ru.2H/c3*1-4-10-16(11-5-1)19(17-12-6-2-7-13-17)18-14-8-3-9-15-18;1-2;;;/h3*1-15H;1H;;;/q;;;;-3;;/p+3. The Balaban J connectivity index is 1.74. The zero-order valence-corrected chi connectivity index (χ0v) is 38.4. The van der Waals surface area contributed by atoms with Gasteiger partial charge in [-0.3, -0.25) is 0 Å². The molecule has 9 aromatic carbocycles. The van der Waals surface area contributed by atoms with Crippen molar-refractivity contribution in [1.29, 1.82) is 0 Å². The van der Waals surface area contributed by atoms with E-state index in [-0.39, 0.29) is 0 Å². The fourth-order valence-electron chi connectivity index (χ4n) is 10.1. The SMILES string of the molecule is O=[CH][RuH2]([PH](c1ccccc1)(c1ccccc1)c1ccccc1)([PH](c1ccccc1)(c1ccccc1)c1ccccc1)[PH](c1ccccc1)(c1ccccc1)c1ccccc1. The topological polar surface area (TPSA) is 17.1 Å². The van der Waals surface area contributed by atoms with E-state index in [4.69, 9.17) is 0 Å². The fraction of sp³-hybridized carbons (Fsp3) is 0. The van der Waals surface area contributed by atoms with Gasteiger partial charge < -0.3 is 0 Å².